The van der Waals surface area contributed by atoms with Crippen LogP contribution in [0.2, 0.25) is 0 Å². The summed E-state index contributed by atoms with van der Waals surface area (Å²) in [6.45, 7) is 11.7. The fraction of sp³-hybridized carbons (Fsp3) is 0.529. The molecule has 0 saturated carbocycles. The minimum Gasteiger partial charge on any atom is -0.419 e. The standard InChI is InChI=1S/C17H25N3O/c1-16(2,3)12-17(4,5)18-11-14-19-20-15(21-14)13-9-7-6-8-10-13/h6-10,18H,11-12H2,1-5H3. The Bertz CT molecular complexity index is 567. The number of nitrogens with one attached hydrogen (secondary N) is 1. The zero-order valence-corrected chi connectivity index (χ0v) is 13.6. The molecule has 1 aromatic heterocycles. The first-order valence-corrected chi connectivity index (χ1v) is 7.38. The van der Waals surface area contributed by atoms with Crippen LogP contribution in [0.5, 0.6) is 0 Å². The van der Waals surface area contributed by atoms with Crippen LogP contribution < -0.4 is 5.32 Å². The minimum atomic E-state index is 0.0274. The van der Waals surface area contributed by atoms with Crippen LogP contribution in [0, 0.1) is 5.41 Å². The van der Waals surface area contributed by atoms with E-state index in [0.717, 1.165) is 12.0 Å². The molecule has 0 bridgehead atoms. The van der Waals surface area contributed by atoms with Crippen LogP contribution in [0.3, 0.4) is 0 Å². The van der Waals surface area contributed by atoms with Crippen molar-refractivity contribution in [2.24, 2.45) is 5.41 Å². The van der Waals surface area contributed by atoms with Crippen molar-refractivity contribution < 1.29 is 4.42 Å². The van der Waals surface area contributed by atoms with Gasteiger partial charge in [-0.15, -0.1) is 10.2 Å². The zero-order chi connectivity index (χ0) is 15.5. The summed E-state index contributed by atoms with van der Waals surface area (Å²) in [5.74, 6) is 1.19. The molecule has 4 heteroatoms. The fourth-order valence-electron chi connectivity index (χ4n) is 2.73. The second-order valence-electron chi connectivity index (χ2n) is 7.34. The largest absolute Gasteiger partial charge is 0.419 e. The van der Waals surface area contributed by atoms with E-state index in [-0.39, 0.29) is 11.0 Å². The summed E-state index contributed by atoms with van der Waals surface area (Å²) in [5, 5.41) is 11.7. The molecule has 0 aliphatic carbocycles. The van der Waals surface area contributed by atoms with Crippen LogP contribution in [-0.2, 0) is 6.54 Å². The lowest BCUT2D eigenvalue weighted by molar-refractivity contribution is 0.234. The Labute approximate surface area is 127 Å². The predicted molar refractivity (Wildman–Crippen MR) is 84.7 cm³/mol. The summed E-state index contributed by atoms with van der Waals surface area (Å²) < 4.78 is 5.71. The van der Waals surface area contributed by atoms with Crippen LogP contribution in [0.4, 0.5) is 0 Å². The van der Waals surface area contributed by atoms with Gasteiger partial charge in [0.2, 0.25) is 11.8 Å². The number of hydrogen-bond donors (Lipinski definition) is 1. The van der Waals surface area contributed by atoms with Gasteiger partial charge in [-0.2, -0.15) is 0 Å². The van der Waals surface area contributed by atoms with E-state index in [1.807, 2.05) is 30.3 Å². The molecule has 21 heavy (non-hydrogen) atoms. The van der Waals surface area contributed by atoms with E-state index in [4.69, 9.17) is 4.42 Å². The fourth-order valence-corrected chi connectivity index (χ4v) is 2.73. The summed E-state index contributed by atoms with van der Waals surface area (Å²) >= 11 is 0. The van der Waals surface area contributed by atoms with Gasteiger partial charge in [0.15, 0.2) is 0 Å². The predicted octanol–water partition coefficient (Wildman–Crippen LogP) is 4.04. The van der Waals surface area contributed by atoms with Crippen LogP contribution >= 0.6 is 0 Å². The van der Waals surface area contributed by atoms with Gasteiger partial charge in [0.1, 0.15) is 0 Å². The topological polar surface area (TPSA) is 51.0 Å². The van der Waals surface area contributed by atoms with E-state index in [9.17, 15) is 0 Å². The SMILES string of the molecule is CC(C)(C)CC(C)(C)NCc1nnc(-c2ccccc2)o1. The molecule has 0 amide bonds. The van der Waals surface area contributed by atoms with Gasteiger partial charge in [0, 0.05) is 11.1 Å². The molecule has 0 atom stereocenters. The molecule has 0 aliphatic heterocycles. The lowest BCUT2D eigenvalue weighted by atomic mass is 9.82. The molecule has 0 unspecified atom stereocenters. The van der Waals surface area contributed by atoms with E-state index in [0.29, 0.717) is 18.3 Å². The molecular formula is C17H25N3O. The average Bonchev–Trinajstić information content (AvgIpc) is 2.84. The Morgan fingerprint density at radius 2 is 1.67 bits per heavy atom. The average molecular weight is 287 g/mol. The summed E-state index contributed by atoms with van der Waals surface area (Å²) in [7, 11) is 0. The van der Waals surface area contributed by atoms with E-state index in [1.165, 1.54) is 0 Å². The first-order valence-electron chi connectivity index (χ1n) is 7.38. The molecule has 0 aliphatic rings. The van der Waals surface area contributed by atoms with Gasteiger partial charge in [-0.1, -0.05) is 39.0 Å². The van der Waals surface area contributed by atoms with Gasteiger partial charge in [0.05, 0.1) is 6.54 Å². The maximum absolute atomic E-state index is 5.71. The highest BCUT2D eigenvalue weighted by atomic mass is 16.4. The second kappa shape index (κ2) is 5.98. The van der Waals surface area contributed by atoms with Gasteiger partial charge in [-0.05, 0) is 37.8 Å². The molecule has 1 N–H and O–H groups in total. The van der Waals surface area contributed by atoms with Crippen molar-refractivity contribution in [3.63, 3.8) is 0 Å². The van der Waals surface area contributed by atoms with E-state index in [1.54, 1.807) is 0 Å². The highest BCUT2D eigenvalue weighted by molar-refractivity contribution is 5.51. The Hall–Kier alpha value is -1.68. The van der Waals surface area contributed by atoms with Gasteiger partial charge < -0.3 is 9.73 Å². The summed E-state index contributed by atoms with van der Waals surface area (Å²) in [6.07, 6.45) is 1.07. The zero-order valence-electron chi connectivity index (χ0n) is 13.6. The van der Waals surface area contributed by atoms with E-state index in [2.05, 4.69) is 50.1 Å². The molecule has 1 heterocycles. The number of benzene rings is 1. The third-order valence-electron chi connectivity index (χ3n) is 3.18. The Morgan fingerprint density at radius 3 is 2.29 bits per heavy atom. The molecule has 114 valence electrons. The van der Waals surface area contributed by atoms with Crippen molar-refractivity contribution in [1.82, 2.24) is 15.5 Å². The van der Waals surface area contributed by atoms with Crippen molar-refractivity contribution in [2.45, 2.75) is 53.1 Å². The van der Waals surface area contributed by atoms with Gasteiger partial charge >= 0.3 is 0 Å². The van der Waals surface area contributed by atoms with Crippen LogP contribution in [0.1, 0.15) is 46.9 Å². The number of hydrogen-bond acceptors (Lipinski definition) is 4. The van der Waals surface area contributed by atoms with Crippen molar-refractivity contribution >= 4 is 0 Å². The molecule has 2 aromatic rings. The van der Waals surface area contributed by atoms with Gasteiger partial charge in [-0.25, -0.2) is 0 Å². The first kappa shape index (κ1) is 15.7. The third kappa shape index (κ3) is 4.97. The first-order chi connectivity index (χ1) is 9.75. The monoisotopic (exact) mass is 287 g/mol. The van der Waals surface area contributed by atoms with Crippen LogP contribution in [-0.4, -0.2) is 15.7 Å². The minimum absolute atomic E-state index is 0.0274. The number of rotatable bonds is 5. The second-order valence-corrected chi connectivity index (χ2v) is 7.34. The Balaban J connectivity index is 1.97. The molecular weight excluding hydrogens is 262 g/mol. The van der Waals surface area contributed by atoms with Gasteiger partial charge in [0.25, 0.3) is 0 Å². The Morgan fingerprint density at radius 1 is 1.00 bits per heavy atom. The highest BCUT2D eigenvalue weighted by Crippen LogP contribution is 2.27. The highest BCUT2D eigenvalue weighted by Gasteiger charge is 2.25. The summed E-state index contributed by atoms with van der Waals surface area (Å²) in [4.78, 5) is 0. The van der Waals surface area contributed by atoms with Crippen molar-refractivity contribution in [1.29, 1.82) is 0 Å². The summed E-state index contributed by atoms with van der Waals surface area (Å²) in [6, 6.07) is 9.83. The molecule has 0 radical (unpaired) electrons. The molecule has 0 saturated heterocycles. The van der Waals surface area contributed by atoms with Crippen LogP contribution in [0.25, 0.3) is 11.5 Å². The van der Waals surface area contributed by atoms with Crippen molar-refractivity contribution in [3.05, 3.63) is 36.2 Å². The quantitative estimate of drug-likeness (QED) is 0.901. The van der Waals surface area contributed by atoms with Crippen molar-refractivity contribution in [3.8, 4) is 11.5 Å². The third-order valence-corrected chi connectivity index (χ3v) is 3.18. The Kier molecular flexibility index (Phi) is 4.47. The lowest BCUT2D eigenvalue weighted by Gasteiger charge is -2.33. The molecule has 1 aromatic carbocycles. The number of nitrogens with zero attached hydrogens (tertiary/aromatic N) is 2. The lowest BCUT2D eigenvalue weighted by Crippen LogP contribution is -2.41. The van der Waals surface area contributed by atoms with Crippen LogP contribution in [0.15, 0.2) is 34.7 Å². The molecule has 2 rings (SSSR count). The van der Waals surface area contributed by atoms with E-state index < -0.39 is 0 Å². The molecule has 4 nitrogen and oxygen atoms in total. The van der Waals surface area contributed by atoms with Crippen molar-refractivity contribution in [2.75, 3.05) is 0 Å². The maximum atomic E-state index is 5.71. The van der Waals surface area contributed by atoms with E-state index >= 15 is 0 Å². The molecule has 0 spiro atoms. The number of aromatic nitrogens is 2. The maximum Gasteiger partial charge on any atom is 0.247 e. The normalized spacial score (nSPS) is 12.6. The molecule has 0 fully saturated rings. The van der Waals surface area contributed by atoms with Gasteiger partial charge in [-0.3, -0.25) is 0 Å². The summed E-state index contributed by atoms with van der Waals surface area (Å²) in [5.41, 5.74) is 1.25. The smallest absolute Gasteiger partial charge is 0.247 e.